The summed E-state index contributed by atoms with van der Waals surface area (Å²) in [6.45, 7) is 2.56. The Bertz CT molecular complexity index is 1950. The number of hydrogen-bond acceptors (Lipinski definition) is 3. The van der Waals surface area contributed by atoms with Crippen molar-refractivity contribution in [3.63, 3.8) is 0 Å². The van der Waals surface area contributed by atoms with E-state index in [1.807, 2.05) is 72.8 Å². The minimum Gasteiger partial charge on any atom is -0.478 e. The van der Waals surface area contributed by atoms with Gasteiger partial charge in [-0.1, -0.05) is 84.4 Å². The van der Waals surface area contributed by atoms with Crippen LogP contribution in [0, 0.1) is 0 Å². The molecule has 1 amide bonds. The number of thioether (sulfide) groups is 1. The van der Waals surface area contributed by atoms with E-state index in [2.05, 4.69) is 34.9 Å². The van der Waals surface area contributed by atoms with Crippen LogP contribution in [0.2, 0.25) is 5.02 Å². The van der Waals surface area contributed by atoms with E-state index in [1.165, 1.54) is 10.8 Å². The highest BCUT2D eigenvalue weighted by Gasteiger charge is 2.20. The normalized spacial score (nSPS) is 11.2. The molecular weight excluding hydrogens is 576 g/mol. The van der Waals surface area contributed by atoms with Crippen LogP contribution in [0.15, 0.2) is 120 Å². The number of carboxylic acids is 1. The van der Waals surface area contributed by atoms with Crippen molar-refractivity contribution in [2.24, 2.45) is 0 Å². The molecule has 0 aliphatic rings. The number of aromatic carboxylic acids is 1. The zero-order chi connectivity index (χ0) is 29.9. The Morgan fingerprint density at radius 3 is 2.26 bits per heavy atom. The molecule has 1 aromatic heterocycles. The Hall–Kier alpha value is -4.52. The second kappa shape index (κ2) is 12.4. The third kappa shape index (κ3) is 6.17. The molecule has 5 nitrogen and oxygen atoms in total. The summed E-state index contributed by atoms with van der Waals surface area (Å²) in [5.41, 5.74) is 4.95. The molecule has 43 heavy (non-hydrogen) atoms. The zero-order valence-corrected chi connectivity index (χ0v) is 25.1. The second-order valence-corrected chi connectivity index (χ2v) is 11.9. The van der Waals surface area contributed by atoms with E-state index >= 15 is 0 Å². The van der Waals surface area contributed by atoms with Crippen molar-refractivity contribution < 1.29 is 14.7 Å². The number of anilines is 1. The molecule has 0 saturated carbocycles. The fourth-order valence-corrected chi connectivity index (χ4v) is 6.72. The van der Waals surface area contributed by atoms with Crippen molar-refractivity contribution in [1.82, 2.24) is 4.57 Å². The number of carbonyl (C=O) groups excluding carboxylic acids is 1. The van der Waals surface area contributed by atoms with Crippen LogP contribution >= 0.6 is 23.4 Å². The fourth-order valence-electron chi connectivity index (χ4n) is 5.34. The Kier molecular flexibility index (Phi) is 8.23. The molecule has 0 fully saturated rings. The van der Waals surface area contributed by atoms with Gasteiger partial charge in [0.2, 0.25) is 5.91 Å². The third-order valence-corrected chi connectivity index (χ3v) is 9.03. The summed E-state index contributed by atoms with van der Waals surface area (Å²) in [7, 11) is 0. The number of aromatic nitrogens is 1. The number of hydrogen-bond donors (Lipinski definition) is 1. The molecule has 5 aromatic carbocycles. The van der Waals surface area contributed by atoms with Gasteiger partial charge in [0, 0.05) is 40.9 Å². The minimum absolute atomic E-state index is 0.0515. The van der Waals surface area contributed by atoms with E-state index < -0.39 is 5.97 Å². The van der Waals surface area contributed by atoms with Gasteiger partial charge in [-0.05, 0) is 64.4 Å². The van der Waals surface area contributed by atoms with Gasteiger partial charge in [-0.3, -0.25) is 4.79 Å². The molecule has 214 valence electrons. The van der Waals surface area contributed by atoms with Gasteiger partial charge in [-0.25, -0.2) is 4.79 Å². The number of benzene rings is 5. The Morgan fingerprint density at radius 1 is 0.814 bits per heavy atom. The summed E-state index contributed by atoms with van der Waals surface area (Å²) in [6.07, 6.45) is 0. The first-order valence-corrected chi connectivity index (χ1v) is 15.3. The van der Waals surface area contributed by atoms with Crippen LogP contribution < -0.4 is 4.90 Å². The Labute approximate surface area is 259 Å². The predicted octanol–water partition coefficient (Wildman–Crippen LogP) is 9.04. The molecular formula is C36H29ClN2O3S. The monoisotopic (exact) mass is 604 g/mol. The maximum Gasteiger partial charge on any atom is 0.335 e. The standard InChI is InChI=1S/C36H29ClN2O3S/c1-24(40)38(21-25-7-3-2-4-8-25)30-16-18-33-32(20-30)35(37)34(39(33)22-26-11-13-28(14-12-26)36(41)42)23-43-31-17-15-27-9-5-6-10-29(27)19-31/h2-20H,21-23H2,1H3,(H,41,42). The number of nitrogens with zero attached hydrogens (tertiary/aromatic N) is 2. The van der Waals surface area contributed by atoms with Gasteiger partial charge < -0.3 is 14.6 Å². The molecule has 0 spiro atoms. The van der Waals surface area contributed by atoms with Gasteiger partial charge in [0.1, 0.15) is 0 Å². The molecule has 6 aromatic rings. The van der Waals surface area contributed by atoms with Crippen LogP contribution in [0.25, 0.3) is 21.7 Å². The highest BCUT2D eigenvalue weighted by molar-refractivity contribution is 7.98. The van der Waals surface area contributed by atoms with E-state index in [0.717, 1.165) is 38.3 Å². The van der Waals surface area contributed by atoms with Gasteiger partial charge in [-0.2, -0.15) is 0 Å². The molecule has 1 heterocycles. The molecule has 0 atom stereocenters. The number of rotatable bonds is 9. The van der Waals surface area contributed by atoms with E-state index in [-0.39, 0.29) is 11.5 Å². The topological polar surface area (TPSA) is 62.5 Å². The molecule has 0 bridgehead atoms. The number of fused-ring (bicyclic) bond motifs is 2. The molecule has 0 radical (unpaired) electrons. The Morgan fingerprint density at radius 2 is 1.53 bits per heavy atom. The fraction of sp³-hybridized carbons (Fsp3) is 0.111. The van der Waals surface area contributed by atoms with E-state index in [4.69, 9.17) is 11.6 Å². The number of carboxylic acid groups (broad SMARTS) is 1. The Balaban J connectivity index is 1.39. The molecule has 0 aliphatic carbocycles. The highest BCUT2D eigenvalue weighted by atomic mass is 35.5. The second-order valence-electron chi connectivity index (χ2n) is 10.4. The lowest BCUT2D eigenvalue weighted by molar-refractivity contribution is -0.116. The lowest BCUT2D eigenvalue weighted by Gasteiger charge is -2.21. The van der Waals surface area contributed by atoms with E-state index in [1.54, 1.807) is 35.7 Å². The number of halogens is 1. The van der Waals surface area contributed by atoms with Crippen LogP contribution in [-0.2, 0) is 23.6 Å². The van der Waals surface area contributed by atoms with Crippen LogP contribution in [0.5, 0.6) is 0 Å². The first-order valence-electron chi connectivity index (χ1n) is 13.9. The summed E-state index contributed by atoms with van der Waals surface area (Å²) in [5.74, 6) is -0.370. The lowest BCUT2D eigenvalue weighted by Crippen LogP contribution is -2.27. The summed E-state index contributed by atoms with van der Waals surface area (Å²) >= 11 is 8.88. The summed E-state index contributed by atoms with van der Waals surface area (Å²) in [5, 5.41) is 13.2. The van der Waals surface area contributed by atoms with E-state index in [9.17, 15) is 14.7 Å². The van der Waals surface area contributed by atoms with E-state index in [0.29, 0.717) is 23.9 Å². The molecule has 0 unspecified atom stereocenters. The summed E-state index contributed by atoms with van der Waals surface area (Å²) in [4.78, 5) is 27.1. The van der Waals surface area contributed by atoms with Gasteiger partial charge in [-0.15, -0.1) is 11.8 Å². The predicted molar refractivity (Wildman–Crippen MR) is 176 cm³/mol. The highest BCUT2D eigenvalue weighted by Crippen LogP contribution is 2.38. The molecule has 6 rings (SSSR count). The van der Waals surface area contributed by atoms with Crippen LogP contribution in [-0.4, -0.2) is 21.6 Å². The average molecular weight is 605 g/mol. The number of carbonyl (C=O) groups is 2. The van der Waals surface area contributed by atoms with Crippen molar-refractivity contribution in [2.45, 2.75) is 30.7 Å². The lowest BCUT2D eigenvalue weighted by atomic mass is 10.1. The van der Waals surface area contributed by atoms with Gasteiger partial charge in [0.25, 0.3) is 0 Å². The van der Waals surface area contributed by atoms with Crippen LogP contribution in [0.3, 0.4) is 0 Å². The maximum absolute atomic E-state index is 12.8. The van der Waals surface area contributed by atoms with Crippen molar-refractivity contribution >= 4 is 62.6 Å². The van der Waals surface area contributed by atoms with Crippen molar-refractivity contribution in [2.75, 3.05) is 4.90 Å². The van der Waals surface area contributed by atoms with Crippen molar-refractivity contribution in [1.29, 1.82) is 0 Å². The minimum atomic E-state index is -0.952. The average Bonchev–Trinajstić information content (AvgIpc) is 3.28. The van der Waals surface area contributed by atoms with Crippen molar-refractivity contribution in [3.05, 3.63) is 143 Å². The quantitative estimate of drug-likeness (QED) is 0.167. The SMILES string of the molecule is CC(=O)N(Cc1ccccc1)c1ccc2c(c1)c(Cl)c(CSc1ccc3ccccc3c1)n2Cc1ccc(C(=O)O)cc1. The van der Waals surface area contributed by atoms with Crippen LogP contribution in [0.4, 0.5) is 5.69 Å². The smallest absolute Gasteiger partial charge is 0.335 e. The first kappa shape index (κ1) is 28.6. The van der Waals surface area contributed by atoms with Crippen LogP contribution in [0.1, 0.15) is 34.1 Å². The molecule has 0 saturated heterocycles. The van der Waals surface area contributed by atoms with Gasteiger partial charge in [0.05, 0.1) is 22.6 Å². The van der Waals surface area contributed by atoms with Crippen molar-refractivity contribution in [3.8, 4) is 0 Å². The van der Waals surface area contributed by atoms with Gasteiger partial charge in [0.15, 0.2) is 0 Å². The largest absolute Gasteiger partial charge is 0.478 e. The first-order chi connectivity index (χ1) is 20.9. The zero-order valence-electron chi connectivity index (χ0n) is 23.5. The molecule has 0 aliphatic heterocycles. The maximum atomic E-state index is 12.8. The molecule has 1 N–H and O–H groups in total. The summed E-state index contributed by atoms with van der Waals surface area (Å²) in [6, 6.07) is 37.6. The molecule has 7 heteroatoms. The third-order valence-electron chi connectivity index (χ3n) is 7.60. The van der Waals surface area contributed by atoms with Gasteiger partial charge >= 0.3 is 5.97 Å². The number of amides is 1. The summed E-state index contributed by atoms with van der Waals surface area (Å²) < 4.78 is 2.20.